The van der Waals surface area contributed by atoms with Crippen LogP contribution in [0.15, 0.2) is 54.5 Å². The fraction of sp³-hybridized carbons (Fsp3) is 0.273. The molecule has 0 fully saturated rings. The van der Waals surface area contributed by atoms with Gasteiger partial charge in [0, 0.05) is 29.5 Å². The Labute approximate surface area is 169 Å². The molecule has 3 heterocycles. The summed E-state index contributed by atoms with van der Waals surface area (Å²) in [5.74, 6) is -0.502. The topological polar surface area (TPSA) is 113 Å². The molecule has 1 aliphatic rings. The van der Waals surface area contributed by atoms with Crippen LogP contribution in [0.4, 0.5) is 5.69 Å². The van der Waals surface area contributed by atoms with Crippen LogP contribution in [0.1, 0.15) is 25.1 Å². The number of rotatable bonds is 4. The molecule has 0 spiro atoms. The average Bonchev–Trinajstić information content (AvgIpc) is 3.14. The highest BCUT2D eigenvalue weighted by Crippen LogP contribution is 2.40. The minimum Gasteiger partial charge on any atom is -0.385 e. The number of aromatic amines is 1. The van der Waals surface area contributed by atoms with E-state index in [0.29, 0.717) is 6.54 Å². The van der Waals surface area contributed by atoms with Gasteiger partial charge in [-0.1, -0.05) is 6.07 Å². The molecule has 0 saturated carbocycles. The summed E-state index contributed by atoms with van der Waals surface area (Å²) in [6, 6.07) is 14.3. The Morgan fingerprint density at radius 3 is 2.86 bits per heavy atom. The number of fused-ring (bicyclic) bond motifs is 1. The third kappa shape index (κ3) is 3.17. The molecular weight excluding hydrogens is 362 g/mol. The standard InChI is InChI=1S/C22H21N7/c1-14-9-22(13-24,19(10-23)15(2)27-14)16-5-6-20-18(8-16)21(29-28-20)12-26-17-4-3-7-25-11-17/h3-9,11,15,19,26-27H,12H2,1-2H3,(H,28,29). The fourth-order valence-corrected chi connectivity index (χ4v) is 4.07. The van der Waals surface area contributed by atoms with Crippen LogP contribution >= 0.6 is 0 Å². The normalized spacial score (nSPS) is 23.5. The van der Waals surface area contributed by atoms with E-state index in [4.69, 9.17) is 0 Å². The molecule has 1 aromatic carbocycles. The molecule has 7 heteroatoms. The monoisotopic (exact) mass is 383 g/mol. The maximum atomic E-state index is 10.2. The number of hydrogen-bond acceptors (Lipinski definition) is 6. The van der Waals surface area contributed by atoms with Crippen LogP contribution in [0, 0.1) is 28.6 Å². The molecule has 144 valence electrons. The van der Waals surface area contributed by atoms with Gasteiger partial charge in [-0.15, -0.1) is 0 Å². The van der Waals surface area contributed by atoms with Crippen molar-refractivity contribution < 1.29 is 0 Å². The van der Waals surface area contributed by atoms with Gasteiger partial charge in [-0.2, -0.15) is 15.6 Å². The molecule has 4 rings (SSSR count). The second-order valence-electron chi connectivity index (χ2n) is 7.38. The molecule has 1 aliphatic heterocycles. The molecule has 7 nitrogen and oxygen atoms in total. The molecule has 29 heavy (non-hydrogen) atoms. The van der Waals surface area contributed by atoms with Crippen molar-refractivity contribution in [2.75, 3.05) is 5.32 Å². The summed E-state index contributed by atoms with van der Waals surface area (Å²) in [6.45, 7) is 4.41. The van der Waals surface area contributed by atoms with E-state index in [-0.39, 0.29) is 6.04 Å². The van der Waals surface area contributed by atoms with Crippen molar-refractivity contribution in [3.05, 3.63) is 65.8 Å². The van der Waals surface area contributed by atoms with Crippen LogP contribution < -0.4 is 10.6 Å². The number of hydrogen-bond donors (Lipinski definition) is 3. The summed E-state index contributed by atoms with van der Waals surface area (Å²) in [6.07, 6.45) is 5.36. The van der Waals surface area contributed by atoms with Crippen LogP contribution in [-0.2, 0) is 12.0 Å². The van der Waals surface area contributed by atoms with Crippen molar-refractivity contribution >= 4 is 16.6 Å². The molecule has 0 radical (unpaired) electrons. The first-order valence-corrected chi connectivity index (χ1v) is 9.45. The molecular formula is C22H21N7. The van der Waals surface area contributed by atoms with Crippen LogP contribution in [0.2, 0.25) is 0 Å². The largest absolute Gasteiger partial charge is 0.385 e. The van der Waals surface area contributed by atoms with Gasteiger partial charge in [0.2, 0.25) is 0 Å². The van der Waals surface area contributed by atoms with Crippen molar-refractivity contribution in [1.29, 1.82) is 10.5 Å². The first-order chi connectivity index (χ1) is 14.1. The van der Waals surface area contributed by atoms with Gasteiger partial charge in [0.15, 0.2) is 0 Å². The van der Waals surface area contributed by atoms with Gasteiger partial charge in [-0.3, -0.25) is 10.1 Å². The second kappa shape index (κ2) is 7.29. The predicted molar refractivity (Wildman–Crippen MR) is 110 cm³/mol. The second-order valence-corrected chi connectivity index (χ2v) is 7.38. The van der Waals surface area contributed by atoms with Gasteiger partial charge in [-0.25, -0.2) is 0 Å². The van der Waals surface area contributed by atoms with E-state index in [2.05, 4.69) is 38.0 Å². The number of nitrogens with zero attached hydrogens (tertiary/aromatic N) is 4. The Morgan fingerprint density at radius 1 is 1.28 bits per heavy atom. The zero-order valence-corrected chi connectivity index (χ0v) is 16.3. The van der Waals surface area contributed by atoms with Crippen molar-refractivity contribution in [2.24, 2.45) is 5.92 Å². The molecule has 3 unspecified atom stereocenters. The lowest BCUT2D eigenvalue weighted by Gasteiger charge is -2.38. The third-order valence-electron chi connectivity index (χ3n) is 5.46. The molecule has 0 amide bonds. The van der Waals surface area contributed by atoms with Gasteiger partial charge in [0.05, 0.1) is 41.5 Å². The number of aromatic nitrogens is 3. The maximum absolute atomic E-state index is 10.2. The number of pyridine rings is 1. The lowest BCUT2D eigenvalue weighted by atomic mass is 9.67. The number of benzene rings is 1. The van der Waals surface area contributed by atoms with Crippen molar-refractivity contribution in [3.63, 3.8) is 0 Å². The average molecular weight is 383 g/mol. The highest BCUT2D eigenvalue weighted by Gasteiger charge is 2.45. The first kappa shape index (κ1) is 18.5. The van der Waals surface area contributed by atoms with E-state index in [1.165, 1.54) is 0 Å². The van der Waals surface area contributed by atoms with Gasteiger partial charge in [-0.05, 0) is 49.8 Å². The number of allylic oxidation sites excluding steroid dienone is 2. The lowest BCUT2D eigenvalue weighted by Crippen LogP contribution is -2.48. The van der Waals surface area contributed by atoms with E-state index < -0.39 is 11.3 Å². The Balaban J connectivity index is 1.76. The summed E-state index contributed by atoms with van der Waals surface area (Å²) in [4.78, 5) is 4.11. The van der Waals surface area contributed by atoms with Crippen molar-refractivity contribution in [2.45, 2.75) is 31.8 Å². The summed E-state index contributed by atoms with van der Waals surface area (Å²) in [5.41, 5.74) is 3.33. The number of nitriles is 2. The number of nitrogens with one attached hydrogen (secondary N) is 3. The molecule has 3 atom stereocenters. The summed E-state index contributed by atoms with van der Waals surface area (Å²) in [5, 5.41) is 35.0. The molecule has 0 bridgehead atoms. The Kier molecular flexibility index (Phi) is 4.66. The smallest absolute Gasteiger partial charge is 0.120 e. The van der Waals surface area contributed by atoms with Crippen molar-refractivity contribution in [3.8, 4) is 12.1 Å². The van der Waals surface area contributed by atoms with Crippen LogP contribution in [-0.4, -0.2) is 21.2 Å². The zero-order valence-electron chi connectivity index (χ0n) is 16.3. The molecule has 2 aromatic heterocycles. The summed E-state index contributed by atoms with van der Waals surface area (Å²) in [7, 11) is 0. The zero-order chi connectivity index (χ0) is 20.4. The molecule has 0 saturated heterocycles. The molecule has 3 aromatic rings. The van der Waals surface area contributed by atoms with Gasteiger partial charge >= 0.3 is 0 Å². The quantitative estimate of drug-likeness (QED) is 0.637. The molecule has 0 aliphatic carbocycles. The Bertz CT molecular complexity index is 1150. The third-order valence-corrected chi connectivity index (χ3v) is 5.46. The molecule has 3 N–H and O–H groups in total. The minimum absolute atomic E-state index is 0.128. The van der Waals surface area contributed by atoms with Gasteiger partial charge in [0.25, 0.3) is 0 Å². The van der Waals surface area contributed by atoms with E-state index >= 15 is 0 Å². The first-order valence-electron chi connectivity index (χ1n) is 9.45. The van der Waals surface area contributed by atoms with Crippen molar-refractivity contribution in [1.82, 2.24) is 20.5 Å². The number of anilines is 1. The summed E-state index contributed by atoms with van der Waals surface area (Å²) >= 11 is 0. The number of H-pyrrole nitrogens is 1. The van der Waals surface area contributed by atoms with Crippen LogP contribution in [0.5, 0.6) is 0 Å². The van der Waals surface area contributed by atoms with E-state index in [0.717, 1.165) is 33.5 Å². The Morgan fingerprint density at radius 2 is 2.14 bits per heavy atom. The minimum atomic E-state index is -1.01. The maximum Gasteiger partial charge on any atom is 0.120 e. The van der Waals surface area contributed by atoms with E-state index in [1.807, 2.05) is 50.3 Å². The predicted octanol–water partition coefficient (Wildman–Crippen LogP) is 3.37. The SMILES string of the molecule is CC1=CC(C#N)(c2ccc3n[nH]c(CNc4cccnc4)c3c2)C(C#N)C(C)N1. The van der Waals surface area contributed by atoms with Crippen LogP contribution in [0.25, 0.3) is 10.9 Å². The van der Waals surface area contributed by atoms with Crippen LogP contribution in [0.3, 0.4) is 0 Å². The highest BCUT2D eigenvalue weighted by molar-refractivity contribution is 5.83. The van der Waals surface area contributed by atoms with Gasteiger partial charge in [0.1, 0.15) is 5.41 Å². The summed E-state index contributed by atoms with van der Waals surface area (Å²) < 4.78 is 0. The lowest BCUT2D eigenvalue weighted by molar-refractivity contribution is 0.363. The highest BCUT2D eigenvalue weighted by atomic mass is 15.1. The van der Waals surface area contributed by atoms with E-state index in [9.17, 15) is 10.5 Å². The fourth-order valence-electron chi connectivity index (χ4n) is 4.07. The van der Waals surface area contributed by atoms with E-state index in [1.54, 1.807) is 12.4 Å². The Hall–Kier alpha value is -3.84. The van der Waals surface area contributed by atoms with Gasteiger partial charge < -0.3 is 10.6 Å².